The maximum atomic E-state index is 12.1. The second-order valence-corrected chi connectivity index (χ2v) is 4.19. The summed E-state index contributed by atoms with van der Waals surface area (Å²) in [7, 11) is 0. The van der Waals surface area contributed by atoms with Crippen LogP contribution >= 0.6 is 0 Å². The summed E-state index contributed by atoms with van der Waals surface area (Å²) in [4.78, 5) is 40.5. The molecule has 0 radical (unpaired) electrons. The summed E-state index contributed by atoms with van der Waals surface area (Å²) in [5, 5.41) is 0. The van der Waals surface area contributed by atoms with Crippen molar-refractivity contribution in [3.63, 3.8) is 0 Å². The molecule has 1 aromatic rings. The third kappa shape index (κ3) is 2.64. The lowest BCUT2D eigenvalue weighted by Crippen LogP contribution is -2.37. The van der Waals surface area contributed by atoms with Gasteiger partial charge in [0.05, 0.1) is 0 Å². The number of amides is 1. The van der Waals surface area contributed by atoms with Gasteiger partial charge in [-0.05, 0) is 12.8 Å². The third-order valence-electron chi connectivity index (χ3n) is 2.94. The quantitative estimate of drug-likeness (QED) is 0.725. The molecule has 6 heteroatoms. The van der Waals surface area contributed by atoms with Crippen LogP contribution in [0, 0.1) is 0 Å². The second-order valence-electron chi connectivity index (χ2n) is 4.19. The van der Waals surface area contributed by atoms with Crippen molar-refractivity contribution in [1.82, 2.24) is 14.9 Å². The average molecular weight is 237 g/mol. The van der Waals surface area contributed by atoms with Gasteiger partial charge in [0.1, 0.15) is 5.56 Å². The zero-order valence-electron chi connectivity index (χ0n) is 9.49. The molecule has 1 aliphatic heterocycles. The fraction of sp³-hybridized carbons (Fsp3) is 0.545. The molecular weight excluding hydrogens is 222 g/mol. The van der Waals surface area contributed by atoms with Crippen molar-refractivity contribution >= 4 is 5.91 Å². The summed E-state index contributed by atoms with van der Waals surface area (Å²) in [6.45, 7) is 1.36. The standard InChI is InChI=1S/C11H15N3O3/c15-9-8(7-12-11(17)13-9)10(16)14-5-3-1-2-4-6-14/h7H,1-6H2,(H2,12,13,15,17). The van der Waals surface area contributed by atoms with Crippen LogP contribution in [0.1, 0.15) is 36.0 Å². The Bertz CT molecular complexity index is 509. The number of hydrogen-bond donors (Lipinski definition) is 2. The van der Waals surface area contributed by atoms with E-state index in [0.29, 0.717) is 13.1 Å². The number of aromatic amines is 2. The highest BCUT2D eigenvalue weighted by atomic mass is 16.2. The Balaban J connectivity index is 2.23. The van der Waals surface area contributed by atoms with Gasteiger partial charge in [-0.15, -0.1) is 0 Å². The molecule has 92 valence electrons. The van der Waals surface area contributed by atoms with Crippen molar-refractivity contribution in [1.29, 1.82) is 0 Å². The van der Waals surface area contributed by atoms with Crippen LogP contribution in [0.5, 0.6) is 0 Å². The Hall–Kier alpha value is -1.85. The van der Waals surface area contributed by atoms with Crippen LogP contribution in [0.3, 0.4) is 0 Å². The van der Waals surface area contributed by atoms with Gasteiger partial charge in [0.25, 0.3) is 11.5 Å². The number of rotatable bonds is 1. The van der Waals surface area contributed by atoms with E-state index >= 15 is 0 Å². The van der Waals surface area contributed by atoms with Crippen LogP contribution in [0.25, 0.3) is 0 Å². The van der Waals surface area contributed by atoms with Gasteiger partial charge in [-0.25, -0.2) is 4.79 Å². The largest absolute Gasteiger partial charge is 0.338 e. The van der Waals surface area contributed by atoms with E-state index in [1.807, 2.05) is 0 Å². The van der Waals surface area contributed by atoms with E-state index in [9.17, 15) is 14.4 Å². The van der Waals surface area contributed by atoms with Crippen LogP contribution in [-0.4, -0.2) is 33.9 Å². The van der Waals surface area contributed by atoms with Gasteiger partial charge < -0.3 is 9.88 Å². The Morgan fingerprint density at radius 1 is 1.12 bits per heavy atom. The first-order chi connectivity index (χ1) is 8.18. The molecule has 0 saturated carbocycles. The second kappa shape index (κ2) is 4.99. The zero-order valence-corrected chi connectivity index (χ0v) is 9.49. The molecule has 1 aromatic heterocycles. The molecule has 1 fully saturated rings. The topological polar surface area (TPSA) is 86.0 Å². The number of nitrogens with zero attached hydrogens (tertiary/aromatic N) is 1. The van der Waals surface area contributed by atoms with Crippen LogP contribution in [0.4, 0.5) is 0 Å². The van der Waals surface area contributed by atoms with Crippen molar-refractivity contribution in [3.05, 3.63) is 32.6 Å². The van der Waals surface area contributed by atoms with Crippen LogP contribution in [-0.2, 0) is 0 Å². The van der Waals surface area contributed by atoms with E-state index in [-0.39, 0.29) is 11.5 Å². The van der Waals surface area contributed by atoms with Gasteiger partial charge in [0.2, 0.25) is 0 Å². The maximum Gasteiger partial charge on any atom is 0.325 e. The normalized spacial score (nSPS) is 16.6. The molecule has 6 nitrogen and oxygen atoms in total. The molecule has 2 heterocycles. The SMILES string of the molecule is O=C(c1c[nH]c(=O)[nH]c1=O)N1CCCCCC1. The molecule has 1 aliphatic rings. The Labute approximate surface area is 97.7 Å². The Kier molecular flexibility index (Phi) is 3.41. The molecule has 0 bridgehead atoms. The molecule has 0 aliphatic carbocycles. The molecule has 0 unspecified atom stereocenters. The summed E-state index contributed by atoms with van der Waals surface area (Å²) in [6, 6.07) is 0. The minimum Gasteiger partial charge on any atom is -0.338 e. The molecule has 0 atom stereocenters. The van der Waals surface area contributed by atoms with Gasteiger partial charge >= 0.3 is 5.69 Å². The highest BCUT2D eigenvalue weighted by Crippen LogP contribution is 2.11. The summed E-state index contributed by atoms with van der Waals surface area (Å²) in [5.41, 5.74) is -1.21. The fourth-order valence-corrected chi connectivity index (χ4v) is 2.01. The fourth-order valence-electron chi connectivity index (χ4n) is 2.01. The predicted molar refractivity (Wildman–Crippen MR) is 62.1 cm³/mol. The maximum absolute atomic E-state index is 12.1. The smallest absolute Gasteiger partial charge is 0.325 e. The van der Waals surface area contributed by atoms with Gasteiger partial charge in [0.15, 0.2) is 0 Å². The first kappa shape index (κ1) is 11.6. The van der Waals surface area contributed by atoms with Gasteiger partial charge in [-0.3, -0.25) is 14.6 Å². The van der Waals surface area contributed by atoms with E-state index in [2.05, 4.69) is 9.97 Å². The number of aromatic nitrogens is 2. The lowest BCUT2D eigenvalue weighted by molar-refractivity contribution is 0.0759. The van der Waals surface area contributed by atoms with Crippen LogP contribution in [0.2, 0.25) is 0 Å². The van der Waals surface area contributed by atoms with Crippen LogP contribution < -0.4 is 11.2 Å². The average Bonchev–Trinajstić information content (AvgIpc) is 2.56. The molecule has 1 amide bonds. The molecular formula is C11H15N3O3. The van der Waals surface area contributed by atoms with E-state index in [0.717, 1.165) is 25.7 Å². The molecule has 0 spiro atoms. The monoisotopic (exact) mass is 237 g/mol. The lowest BCUT2D eigenvalue weighted by atomic mass is 10.2. The first-order valence-corrected chi connectivity index (χ1v) is 5.80. The minimum atomic E-state index is -0.622. The number of carbonyl (C=O) groups excluding carboxylic acids is 1. The summed E-state index contributed by atoms with van der Waals surface area (Å²) in [5.74, 6) is -0.301. The van der Waals surface area contributed by atoms with Gasteiger partial charge in [0, 0.05) is 19.3 Å². The van der Waals surface area contributed by atoms with Crippen molar-refractivity contribution in [3.8, 4) is 0 Å². The minimum absolute atomic E-state index is 0.00602. The number of hydrogen-bond acceptors (Lipinski definition) is 3. The van der Waals surface area contributed by atoms with E-state index < -0.39 is 11.2 Å². The van der Waals surface area contributed by atoms with Gasteiger partial charge in [-0.2, -0.15) is 0 Å². The molecule has 17 heavy (non-hydrogen) atoms. The summed E-state index contributed by atoms with van der Waals surface area (Å²) >= 11 is 0. The lowest BCUT2D eigenvalue weighted by Gasteiger charge is -2.19. The number of likely N-dealkylation sites (tertiary alicyclic amines) is 1. The number of H-pyrrole nitrogens is 2. The highest BCUT2D eigenvalue weighted by Gasteiger charge is 2.19. The van der Waals surface area contributed by atoms with Crippen molar-refractivity contribution in [2.24, 2.45) is 0 Å². The summed E-state index contributed by atoms with van der Waals surface area (Å²) in [6.07, 6.45) is 5.35. The summed E-state index contributed by atoms with van der Waals surface area (Å²) < 4.78 is 0. The molecule has 0 aromatic carbocycles. The number of carbonyl (C=O) groups is 1. The molecule has 1 saturated heterocycles. The number of nitrogens with one attached hydrogen (secondary N) is 2. The zero-order chi connectivity index (χ0) is 12.3. The van der Waals surface area contributed by atoms with Crippen molar-refractivity contribution in [2.45, 2.75) is 25.7 Å². The third-order valence-corrected chi connectivity index (χ3v) is 2.94. The highest BCUT2D eigenvalue weighted by molar-refractivity contribution is 5.93. The van der Waals surface area contributed by atoms with Crippen molar-refractivity contribution in [2.75, 3.05) is 13.1 Å². The van der Waals surface area contributed by atoms with E-state index in [1.165, 1.54) is 6.20 Å². The molecule has 2 rings (SSSR count). The first-order valence-electron chi connectivity index (χ1n) is 5.80. The Morgan fingerprint density at radius 2 is 1.76 bits per heavy atom. The van der Waals surface area contributed by atoms with E-state index in [1.54, 1.807) is 4.90 Å². The predicted octanol–water partition coefficient (Wildman–Crippen LogP) is 0.0794. The molecule has 2 N–H and O–H groups in total. The Morgan fingerprint density at radius 3 is 2.35 bits per heavy atom. The van der Waals surface area contributed by atoms with Crippen LogP contribution in [0.15, 0.2) is 15.8 Å². The van der Waals surface area contributed by atoms with Crippen molar-refractivity contribution < 1.29 is 4.79 Å². The van der Waals surface area contributed by atoms with E-state index in [4.69, 9.17) is 0 Å². The van der Waals surface area contributed by atoms with Gasteiger partial charge in [-0.1, -0.05) is 12.8 Å².